The van der Waals surface area contributed by atoms with Gasteiger partial charge in [-0.05, 0) is 36.2 Å². The molecule has 0 aliphatic rings. The Labute approximate surface area is 120 Å². The van der Waals surface area contributed by atoms with Crippen LogP contribution in [-0.4, -0.2) is 24.1 Å². The third kappa shape index (κ3) is 4.06. The number of ketones is 1. The first-order chi connectivity index (χ1) is 9.19. The summed E-state index contributed by atoms with van der Waals surface area (Å²) in [5, 5.41) is 8.81. The molecule has 0 amide bonds. The average molecular weight is 297 g/mol. The molecule has 0 unspecified atom stereocenters. The van der Waals surface area contributed by atoms with Crippen LogP contribution in [0, 0.1) is 0 Å². The fourth-order valence-electron chi connectivity index (χ4n) is 1.57. The molecule has 0 fully saturated rings. The van der Waals surface area contributed by atoms with Gasteiger partial charge in [0, 0.05) is 6.61 Å². The Morgan fingerprint density at radius 3 is 2.53 bits per heavy atom. The van der Waals surface area contributed by atoms with E-state index in [0.29, 0.717) is 21.4 Å². The maximum absolute atomic E-state index is 11.8. The lowest BCUT2D eigenvalue weighted by atomic mass is 10.1. The summed E-state index contributed by atoms with van der Waals surface area (Å²) in [5.41, 5.74) is 1.03. The van der Waals surface area contributed by atoms with Crippen LogP contribution in [0.4, 0.5) is 0 Å². The zero-order valence-corrected chi connectivity index (χ0v) is 11.7. The van der Waals surface area contributed by atoms with Crippen LogP contribution in [0.5, 0.6) is 5.75 Å². The molecule has 100 valence electrons. The van der Waals surface area contributed by atoms with Gasteiger partial charge in [-0.25, -0.2) is 0 Å². The van der Waals surface area contributed by atoms with E-state index in [1.807, 2.05) is 12.1 Å². The van der Waals surface area contributed by atoms with Gasteiger partial charge in [-0.3, -0.25) is 4.79 Å². The second-order valence-electron chi connectivity index (χ2n) is 3.93. The van der Waals surface area contributed by atoms with Gasteiger partial charge in [0.25, 0.3) is 0 Å². The van der Waals surface area contributed by atoms with Gasteiger partial charge in [0.2, 0.25) is 5.78 Å². The molecular weight excluding hydrogens is 284 g/mol. The topological polar surface area (TPSA) is 46.5 Å². The highest BCUT2D eigenvalue weighted by molar-refractivity contribution is 7.18. The molecule has 0 aliphatic carbocycles. The number of ether oxygens (including phenoxy) is 1. The summed E-state index contributed by atoms with van der Waals surface area (Å²) in [4.78, 5) is 12.4. The number of carbonyl (C=O) groups excluding carboxylic acids is 1. The summed E-state index contributed by atoms with van der Waals surface area (Å²) in [6, 6.07) is 10.7. The molecule has 0 saturated carbocycles. The van der Waals surface area contributed by atoms with Crippen molar-refractivity contribution in [2.75, 3.05) is 13.2 Å². The van der Waals surface area contributed by atoms with Crippen molar-refractivity contribution in [2.45, 2.75) is 6.42 Å². The Kier molecular flexibility index (Phi) is 4.96. The van der Waals surface area contributed by atoms with Gasteiger partial charge in [0.05, 0.1) is 9.21 Å². The Balaban J connectivity index is 1.89. The van der Waals surface area contributed by atoms with E-state index in [1.54, 1.807) is 24.3 Å². The summed E-state index contributed by atoms with van der Waals surface area (Å²) in [5.74, 6) is 0.550. The highest BCUT2D eigenvalue weighted by atomic mass is 35.5. The number of carbonyl (C=O) groups is 1. The van der Waals surface area contributed by atoms with Gasteiger partial charge in [-0.15, -0.1) is 11.3 Å². The number of hydrogen-bond donors (Lipinski definition) is 1. The quantitative estimate of drug-likeness (QED) is 0.833. The minimum absolute atomic E-state index is 0.00378. The molecule has 2 rings (SSSR count). The third-order valence-corrected chi connectivity index (χ3v) is 3.81. The van der Waals surface area contributed by atoms with E-state index in [2.05, 4.69) is 0 Å². The van der Waals surface area contributed by atoms with Gasteiger partial charge < -0.3 is 9.84 Å². The molecule has 1 aromatic heterocycles. The minimum atomic E-state index is -0.0867. The molecule has 0 saturated heterocycles. The normalized spacial score (nSPS) is 10.4. The molecule has 0 spiro atoms. The number of hydrogen-bond acceptors (Lipinski definition) is 4. The lowest BCUT2D eigenvalue weighted by Gasteiger charge is -2.05. The Bertz CT molecular complexity index is 548. The van der Waals surface area contributed by atoms with Crippen molar-refractivity contribution in [3.8, 4) is 5.75 Å². The van der Waals surface area contributed by atoms with E-state index >= 15 is 0 Å². The number of halogens is 1. The number of rotatable bonds is 6. The van der Waals surface area contributed by atoms with E-state index in [1.165, 1.54) is 11.3 Å². The molecule has 0 atom stereocenters. The first-order valence-corrected chi connectivity index (χ1v) is 6.99. The zero-order valence-electron chi connectivity index (χ0n) is 10.1. The molecule has 5 heteroatoms. The first-order valence-electron chi connectivity index (χ1n) is 5.80. The zero-order chi connectivity index (χ0) is 13.7. The Hall–Kier alpha value is -1.36. The van der Waals surface area contributed by atoms with Crippen LogP contribution < -0.4 is 4.74 Å². The van der Waals surface area contributed by atoms with Crippen molar-refractivity contribution < 1.29 is 14.6 Å². The van der Waals surface area contributed by atoms with Crippen LogP contribution in [-0.2, 0) is 6.42 Å². The van der Waals surface area contributed by atoms with Crippen molar-refractivity contribution >= 4 is 28.7 Å². The van der Waals surface area contributed by atoms with Crippen LogP contribution in [0.25, 0.3) is 0 Å². The van der Waals surface area contributed by atoms with Crippen molar-refractivity contribution in [3.05, 3.63) is 51.2 Å². The molecule has 19 heavy (non-hydrogen) atoms. The van der Waals surface area contributed by atoms with Crippen molar-refractivity contribution in [1.29, 1.82) is 0 Å². The molecule has 3 nitrogen and oxygen atoms in total. The van der Waals surface area contributed by atoms with Gasteiger partial charge in [-0.2, -0.15) is 0 Å². The lowest BCUT2D eigenvalue weighted by molar-refractivity contribution is 0.0925. The van der Waals surface area contributed by atoms with E-state index < -0.39 is 0 Å². The molecular formula is C14H13ClO3S. The fourth-order valence-corrected chi connectivity index (χ4v) is 2.53. The number of aliphatic hydroxyl groups excluding tert-OH is 1. The highest BCUT2D eigenvalue weighted by Gasteiger charge is 2.09. The Morgan fingerprint density at radius 1 is 1.21 bits per heavy atom. The van der Waals surface area contributed by atoms with E-state index in [9.17, 15) is 4.79 Å². The standard InChI is InChI=1S/C14H13ClO3S/c15-14-6-5-13(19-14)12(17)9-18-11-3-1-10(2-4-11)7-8-16/h1-6,16H,7-9H2. The largest absolute Gasteiger partial charge is 0.485 e. The first kappa shape index (κ1) is 14.1. The van der Waals surface area contributed by atoms with Gasteiger partial charge >= 0.3 is 0 Å². The third-order valence-electron chi connectivity index (χ3n) is 2.54. The minimum Gasteiger partial charge on any atom is -0.485 e. The van der Waals surface area contributed by atoms with Gasteiger partial charge in [0.15, 0.2) is 6.61 Å². The number of thiophene rings is 1. The molecule has 1 heterocycles. The summed E-state index contributed by atoms with van der Waals surface area (Å²) in [7, 11) is 0. The monoisotopic (exact) mass is 296 g/mol. The predicted molar refractivity (Wildman–Crippen MR) is 76.4 cm³/mol. The Morgan fingerprint density at radius 2 is 1.95 bits per heavy atom. The van der Waals surface area contributed by atoms with Gasteiger partial charge in [0.1, 0.15) is 5.75 Å². The van der Waals surface area contributed by atoms with E-state index in [4.69, 9.17) is 21.4 Å². The fraction of sp³-hybridized carbons (Fsp3) is 0.214. The number of benzene rings is 1. The van der Waals surface area contributed by atoms with Crippen molar-refractivity contribution in [1.82, 2.24) is 0 Å². The maximum Gasteiger partial charge on any atom is 0.210 e. The second kappa shape index (κ2) is 6.70. The molecule has 0 aliphatic heterocycles. The summed E-state index contributed by atoms with van der Waals surface area (Å²) in [6.07, 6.45) is 0.618. The van der Waals surface area contributed by atoms with Crippen LogP contribution in [0.15, 0.2) is 36.4 Å². The molecule has 1 aromatic carbocycles. The number of Topliss-reactive ketones (excluding diaryl/α,β-unsaturated/α-hetero) is 1. The smallest absolute Gasteiger partial charge is 0.210 e. The average Bonchev–Trinajstić information content (AvgIpc) is 2.85. The van der Waals surface area contributed by atoms with E-state index in [0.717, 1.165) is 5.56 Å². The summed E-state index contributed by atoms with van der Waals surface area (Å²) < 4.78 is 6.01. The maximum atomic E-state index is 11.8. The van der Waals surface area contributed by atoms with E-state index in [-0.39, 0.29) is 19.0 Å². The molecule has 0 bridgehead atoms. The number of aliphatic hydroxyl groups is 1. The lowest BCUT2D eigenvalue weighted by Crippen LogP contribution is -2.10. The van der Waals surface area contributed by atoms with Crippen LogP contribution in [0.1, 0.15) is 15.2 Å². The van der Waals surface area contributed by atoms with Crippen molar-refractivity contribution in [2.24, 2.45) is 0 Å². The summed E-state index contributed by atoms with van der Waals surface area (Å²) in [6.45, 7) is 0.119. The van der Waals surface area contributed by atoms with Crippen LogP contribution in [0.2, 0.25) is 4.34 Å². The van der Waals surface area contributed by atoms with Crippen LogP contribution in [0.3, 0.4) is 0 Å². The second-order valence-corrected chi connectivity index (χ2v) is 5.65. The van der Waals surface area contributed by atoms with Crippen LogP contribution >= 0.6 is 22.9 Å². The highest BCUT2D eigenvalue weighted by Crippen LogP contribution is 2.22. The van der Waals surface area contributed by atoms with Gasteiger partial charge in [-0.1, -0.05) is 23.7 Å². The summed E-state index contributed by atoms with van der Waals surface area (Å²) >= 11 is 7.02. The molecule has 2 aromatic rings. The van der Waals surface area contributed by atoms with Crippen molar-refractivity contribution in [3.63, 3.8) is 0 Å². The molecule has 0 radical (unpaired) electrons. The SMILES string of the molecule is O=C(COc1ccc(CCO)cc1)c1ccc(Cl)s1. The predicted octanol–water partition coefficient (Wildman–Crippen LogP) is 3.20. The molecule has 1 N–H and O–H groups in total.